The minimum atomic E-state index is -0.621. The Morgan fingerprint density at radius 1 is 1.17 bits per heavy atom. The van der Waals surface area contributed by atoms with E-state index in [2.05, 4.69) is 20.9 Å². The zero-order valence-corrected chi connectivity index (χ0v) is 24.2. The summed E-state index contributed by atoms with van der Waals surface area (Å²) in [5, 5.41) is 11.2. The molecule has 1 aliphatic heterocycles. The largest absolute Gasteiger partial charge is 0.491 e. The first-order chi connectivity index (χ1) is 19.7. The number of aryl methyl sites for hydroxylation is 1. The van der Waals surface area contributed by atoms with Crippen molar-refractivity contribution in [3.63, 3.8) is 0 Å². The number of nitrogens with two attached hydrogens (primary N) is 1. The van der Waals surface area contributed by atoms with Gasteiger partial charge in [0.1, 0.15) is 41.1 Å². The number of nitrogen functional groups attached to an aromatic ring is 1. The van der Waals surface area contributed by atoms with Crippen LogP contribution in [0.5, 0.6) is 5.75 Å². The number of halogens is 1. The normalized spacial score (nSPS) is 15.8. The van der Waals surface area contributed by atoms with Crippen molar-refractivity contribution in [3.8, 4) is 34.4 Å². The summed E-state index contributed by atoms with van der Waals surface area (Å²) in [6.07, 6.45) is -0.168. The molecule has 2 aromatic carbocycles. The summed E-state index contributed by atoms with van der Waals surface area (Å²) in [6.45, 7) is 14.1. The van der Waals surface area contributed by atoms with Gasteiger partial charge in [-0.05, 0) is 62.7 Å². The van der Waals surface area contributed by atoms with E-state index in [1.165, 1.54) is 11.8 Å². The molecule has 3 heterocycles. The zero-order chi connectivity index (χ0) is 29.1. The van der Waals surface area contributed by atoms with Crippen LogP contribution in [-0.2, 0) is 15.2 Å². The highest BCUT2D eigenvalue weighted by molar-refractivity contribution is 7.98. The van der Waals surface area contributed by atoms with Gasteiger partial charge in [0.2, 0.25) is 11.6 Å². The van der Waals surface area contributed by atoms with Gasteiger partial charge in [-0.3, -0.25) is 0 Å². The molecule has 0 unspecified atom stereocenters. The minimum Gasteiger partial charge on any atom is -0.491 e. The van der Waals surface area contributed by atoms with Crippen LogP contribution in [0.4, 0.5) is 11.5 Å². The highest BCUT2D eigenvalue weighted by Crippen LogP contribution is 2.42. The number of nitriles is 1. The Hall–Kier alpha value is -4.06. The van der Waals surface area contributed by atoms with E-state index in [1.54, 1.807) is 36.4 Å². The molecule has 1 saturated heterocycles. The molecule has 1 atom stereocenters. The molecule has 0 aliphatic carbocycles. The second kappa shape index (κ2) is 11.8. The number of thioether (sulfide) groups is 1. The van der Waals surface area contributed by atoms with E-state index in [1.807, 2.05) is 32.9 Å². The number of benzene rings is 2. The Morgan fingerprint density at radius 3 is 2.51 bits per heavy atom. The van der Waals surface area contributed by atoms with Gasteiger partial charge in [0.15, 0.2) is 5.79 Å². The summed E-state index contributed by atoms with van der Waals surface area (Å²) in [5.74, 6) is 1.57. The molecule has 0 amide bonds. The van der Waals surface area contributed by atoms with Crippen LogP contribution in [0.15, 0.2) is 58.0 Å². The third-order valence-corrected chi connectivity index (χ3v) is 7.60. The lowest BCUT2D eigenvalue weighted by Gasteiger charge is -2.17. The molecule has 0 radical (unpaired) electrons. The maximum Gasteiger partial charge on any atom is 0.236 e. The van der Waals surface area contributed by atoms with Gasteiger partial charge in [0, 0.05) is 21.9 Å². The van der Waals surface area contributed by atoms with Gasteiger partial charge in [-0.1, -0.05) is 35.5 Å². The van der Waals surface area contributed by atoms with Crippen molar-refractivity contribution < 1.29 is 18.6 Å². The summed E-state index contributed by atoms with van der Waals surface area (Å²) in [7, 11) is 0. The van der Waals surface area contributed by atoms with E-state index in [-0.39, 0.29) is 23.2 Å². The molecule has 208 valence electrons. The van der Waals surface area contributed by atoms with Gasteiger partial charge >= 0.3 is 0 Å². The highest BCUT2D eigenvalue weighted by Gasteiger charge is 2.33. The number of pyridine rings is 1. The van der Waals surface area contributed by atoms with Gasteiger partial charge in [-0.25, -0.2) is 14.8 Å². The molecule has 0 spiro atoms. The monoisotopic (exact) mass is 587 g/mol. The fourth-order valence-corrected chi connectivity index (χ4v) is 5.46. The maximum absolute atomic E-state index is 10.2. The predicted octanol–water partition coefficient (Wildman–Crippen LogP) is 7.19. The van der Waals surface area contributed by atoms with Crippen LogP contribution < -0.4 is 10.5 Å². The summed E-state index contributed by atoms with van der Waals surface area (Å²) in [4.78, 5) is 12.6. The fourth-order valence-electron chi connectivity index (χ4n) is 4.34. The summed E-state index contributed by atoms with van der Waals surface area (Å²) < 4.78 is 23.1. The first-order valence-electron chi connectivity index (χ1n) is 12.7. The van der Waals surface area contributed by atoms with Crippen molar-refractivity contribution in [1.29, 1.82) is 5.26 Å². The van der Waals surface area contributed by atoms with Gasteiger partial charge in [-0.15, -0.1) is 0 Å². The molecular formula is C30H26ClN5O4S. The van der Waals surface area contributed by atoms with E-state index < -0.39 is 5.79 Å². The Kier molecular flexibility index (Phi) is 8.20. The lowest BCUT2D eigenvalue weighted by Crippen LogP contribution is -2.25. The lowest BCUT2D eigenvalue weighted by atomic mass is 10.00. The molecule has 2 N–H and O–H groups in total. The lowest BCUT2D eigenvalue weighted by molar-refractivity contribution is -0.141. The second-order valence-electron chi connectivity index (χ2n) is 9.73. The number of hydrogen-bond acceptors (Lipinski definition) is 9. The smallest absolute Gasteiger partial charge is 0.236 e. The number of nitrogens with zero attached hydrogens (tertiary/aromatic N) is 4. The molecule has 0 bridgehead atoms. The average Bonchev–Trinajstić information content (AvgIpc) is 3.51. The van der Waals surface area contributed by atoms with Crippen molar-refractivity contribution in [2.24, 2.45) is 0 Å². The summed E-state index contributed by atoms with van der Waals surface area (Å²) >= 11 is 7.30. The second-order valence-corrected chi connectivity index (χ2v) is 11.1. The number of aromatic nitrogens is 2. The van der Waals surface area contributed by atoms with E-state index in [4.69, 9.17) is 42.5 Å². The van der Waals surface area contributed by atoms with Crippen molar-refractivity contribution in [3.05, 3.63) is 82.0 Å². The van der Waals surface area contributed by atoms with E-state index in [0.29, 0.717) is 63.2 Å². The summed E-state index contributed by atoms with van der Waals surface area (Å²) in [6, 6.07) is 16.6. The Bertz CT molecular complexity index is 1660. The van der Waals surface area contributed by atoms with Gasteiger partial charge < -0.3 is 24.4 Å². The third kappa shape index (κ3) is 6.32. The Balaban J connectivity index is 1.37. The van der Waals surface area contributed by atoms with Crippen LogP contribution in [0.1, 0.15) is 30.9 Å². The number of ether oxygens (including phenoxy) is 3. The minimum absolute atomic E-state index is 0.0524. The third-order valence-electron chi connectivity index (χ3n) is 6.36. The quantitative estimate of drug-likeness (QED) is 0.168. The van der Waals surface area contributed by atoms with Crippen molar-refractivity contribution in [1.82, 2.24) is 9.97 Å². The van der Waals surface area contributed by atoms with Crippen LogP contribution in [0.25, 0.3) is 27.4 Å². The molecular weight excluding hydrogens is 562 g/mol. The zero-order valence-electron chi connectivity index (χ0n) is 22.6. The molecule has 41 heavy (non-hydrogen) atoms. The number of hydrogen-bond donors (Lipinski definition) is 1. The maximum atomic E-state index is 10.2. The van der Waals surface area contributed by atoms with Gasteiger partial charge in [0.05, 0.1) is 24.4 Å². The molecule has 9 nitrogen and oxygen atoms in total. The van der Waals surface area contributed by atoms with Crippen molar-refractivity contribution >= 4 is 34.9 Å². The molecule has 5 rings (SSSR count). The van der Waals surface area contributed by atoms with Crippen LogP contribution in [0, 0.1) is 24.8 Å². The van der Waals surface area contributed by atoms with E-state index in [9.17, 15) is 5.26 Å². The number of rotatable bonds is 8. The van der Waals surface area contributed by atoms with Crippen LogP contribution in [0.2, 0.25) is 5.02 Å². The first-order valence-corrected chi connectivity index (χ1v) is 14.0. The Labute approximate surface area is 247 Å². The SMILES string of the molecule is [C-]#[N+]c1c(N)nc(SCc2nc(-c3ccc(Cl)cc3)oc2C)c(C#N)c1-c1ccc(OC[C@H]2COC(C)(C)O2)cc1. The molecule has 4 aromatic rings. The summed E-state index contributed by atoms with van der Waals surface area (Å²) in [5.41, 5.74) is 9.20. The highest BCUT2D eigenvalue weighted by atomic mass is 35.5. The Morgan fingerprint density at radius 2 is 1.88 bits per heavy atom. The first kappa shape index (κ1) is 28.5. The standard InChI is InChI=1S/C30H26ClN5O4S/c1-17-24(35-28(39-17)19-5-9-20(31)10-6-19)16-41-29-23(13-32)25(26(34-4)27(33)36-29)18-7-11-21(12-8-18)37-14-22-15-38-30(2,3)40-22/h5-12,22H,14-16H2,1-3H3,(H2,33,36)/t22-/m0/s1. The van der Waals surface area contributed by atoms with Gasteiger partial charge in [0.25, 0.3) is 0 Å². The van der Waals surface area contributed by atoms with Crippen LogP contribution in [0.3, 0.4) is 0 Å². The van der Waals surface area contributed by atoms with E-state index in [0.717, 1.165) is 5.56 Å². The van der Waals surface area contributed by atoms with Crippen molar-refractivity contribution in [2.75, 3.05) is 18.9 Å². The van der Waals surface area contributed by atoms with Crippen LogP contribution in [-0.4, -0.2) is 35.1 Å². The number of oxazole rings is 1. The topological polar surface area (TPSA) is 121 Å². The fraction of sp³-hybridized carbons (Fsp3) is 0.267. The van der Waals surface area contributed by atoms with E-state index >= 15 is 0 Å². The molecule has 11 heteroatoms. The van der Waals surface area contributed by atoms with Gasteiger partial charge in [-0.2, -0.15) is 5.26 Å². The predicted molar refractivity (Wildman–Crippen MR) is 157 cm³/mol. The molecule has 0 saturated carbocycles. The molecule has 1 fully saturated rings. The van der Waals surface area contributed by atoms with Crippen molar-refractivity contribution in [2.45, 2.75) is 43.4 Å². The number of anilines is 1. The molecule has 2 aromatic heterocycles. The average molecular weight is 588 g/mol. The molecule has 1 aliphatic rings. The van der Waals surface area contributed by atoms with Crippen LogP contribution >= 0.6 is 23.4 Å².